The summed E-state index contributed by atoms with van der Waals surface area (Å²) >= 11 is 5.86. The van der Waals surface area contributed by atoms with Crippen LogP contribution in [0.3, 0.4) is 0 Å². The van der Waals surface area contributed by atoms with Gasteiger partial charge in [-0.25, -0.2) is 14.4 Å². The lowest BCUT2D eigenvalue weighted by Crippen LogP contribution is -2.42. The van der Waals surface area contributed by atoms with Gasteiger partial charge in [0.05, 0.1) is 52.3 Å². The highest BCUT2D eigenvalue weighted by Gasteiger charge is 2.28. The average Bonchev–Trinajstić information content (AvgIpc) is 3.26. The van der Waals surface area contributed by atoms with E-state index >= 15 is 0 Å². The van der Waals surface area contributed by atoms with Crippen molar-refractivity contribution in [3.05, 3.63) is 53.0 Å². The lowest BCUT2D eigenvalue weighted by molar-refractivity contribution is -0.00177. The molecule has 32 heavy (non-hydrogen) atoms. The number of hydrogen-bond donors (Lipinski definition) is 4. The van der Waals surface area contributed by atoms with E-state index in [0.717, 1.165) is 6.42 Å². The number of carbonyl (C=O) groups excluding carboxylic acids is 1. The summed E-state index contributed by atoms with van der Waals surface area (Å²) in [5.74, 6) is -0.208. The molecular formula is C21H26ClFN6O3. The van der Waals surface area contributed by atoms with Crippen LogP contribution >= 0.6 is 11.6 Å². The summed E-state index contributed by atoms with van der Waals surface area (Å²) in [5, 5.41) is 15.9. The molecule has 2 atom stereocenters. The van der Waals surface area contributed by atoms with Gasteiger partial charge < -0.3 is 26.2 Å². The van der Waals surface area contributed by atoms with Gasteiger partial charge in [-0.1, -0.05) is 11.6 Å². The molecule has 1 fully saturated rings. The third-order valence-corrected chi connectivity index (χ3v) is 5.15. The van der Waals surface area contributed by atoms with Gasteiger partial charge in [0.15, 0.2) is 5.82 Å². The fraction of sp³-hybridized carbons (Fsp3) is 0.429. The molecule has 1 aliphatic rings. The second-order valence-corrected chi connectivity index (χ2v) is 8.39. The third-order valence-electron chi connectivity index (χ3n) is 4.95. The van der Waals surface area contributed by atoms with Gasteiger partial charge in [-0.15, -0.1) is 0 Å². The van der Waals surface area contributed by atoms with Gasteiger partial charge in [0.2, 0.25) is 0 Å². The number of rotatable bonds is 8. The number of halogens is 2. The molecule has 0 spiro atoms. The van der Waals surface area contributed by atoms with Crippen molar-refractivity contribution < 1.29 is 19.0 Å². The van der Waals surface area contributed by atoms with Crippen LogP contribution in [-0.2, 0) is 4.74 Å². The molecule has 3 heterocycles. The number of amides is 1. The maximum Gasteiger partial charge on any atom is 0.255 e. The summed E-state index contributed by atoms with van der Waals surface area (Å²) in [5.41, 5.74) is 5.82. The Morgan fingerprint density at radius 2 is 2.12 bits per heavy atom. The molecule has 0 aromatic carbocycles. The monoisotopic (exact) mass is 464 g/mol. The SMILES string of the molecule is CC(C)(O)C(F)CNC(=O)c1cnc(C(=CN)c2ncc(Cl)cn2)cc1NC1CCOC1. The first-order chi connectivity index (χ1) is 15.2. The van der Waals surface area contributed by atoms with Crippen molar-refractivity contribution in [3.8, 4) is 0 Å². The van der Waals surface area contributed by atoms with E-state index in [1.807, 2.05) is 0 Å². The topological polar surface area (TPSA) is 135 Å². The maximum absolute atomic E-state index is 14.1. The largest absolute Gasteiger partial charge is 0.404 e. The molecule has 2 aromatic heterocycles. The number of aliphatic hydroxyl groups is 1. The predicted molar refractivity (Wildman–Crippen MR) is 119 cm³/mol. The lowest BCUT2D eigenvalue weighted by atomic mass is 10.0. The van der Waals surface area contributed by atoms with Gasteiger partial charge in [-0.3, -0.25) is 9.78 Å². The van der Waals surface area contributed by atoms with Gasteiger partial charge >= 0.3 is 0 Å². The summed E-state index contributed by atoms with van der Waals surface area (Å²) in [7, 11) is 0. The minimum atomic E-state index is -1.63. The average molecular weight is 465 g/mol. The minimum absolute atomic E-state index is 0.000753. The second kappa shape index (κ2) is 10.2. The van der Waals surface area contributed by atoms with E-state index in [1.54, 1.807) is 6.07 Å². The van der Waals surface area contributed by atoms with Crippen molar-refractivity contribution in [2.45, 2.75) is 38.1 Å². The number of nitrogens with zero attached hydrogens (tertiary/aromatic N) is 3. The van der Waals surface area contributed by atoms with Crippen LogP contribution in [-0.4, -0.2) is 63.5 Å². The number of ether oxygens (including phenoxy) is 1. The maximum atomic E-state index is 14.1. The number of pyridine rings is 1. The van der Waals surface area contributed by atoms with Crippen molar-refractivity contribution in [1.29, 1.82) is 0 Å². The predicted octanol–water partition coefficient (Wildman–Crippen LogP) is 1.91. The van der Waals surface area contributed by atoms with Crippen LogP contribution in [0.4, 0.5) is 10.1 Å². The Morgan fingerprint density at radius 3 is 2.72 bits per heavy atom. The van der Waals surface area contributed by atoms with E-state index in [0.29, 0.717) is 41.0 Å². The molecule has 9 nitrogen and oxygen atoms in total. The van der Waals surface area contributed by atoms with Crippen LogP contribution in [0.2, 0.25) is 5.02 Å². The Bertz CT molecular complexity index is 974. The molecular weight excluding hydrogens is 439 g/mol. The Kier molecular flexibility index (Phi) is 7.60. The van der Waals surface area contributed by atoms with E-state index in [4.69, 9.17) is 22.1 Å². The number of aromatic nitrogens is 3. The van der Waals surface area contributed by atoms with Crippen LogP contribution in [0, 0.1) is 0 Å². The molecule has 0 bridgehead atoms. The molecule has 5 N–H and O–H groups in total. The smallest absolute Gasteiger partial charge is 0.255 e. The molecule has 1 saturated heterocycles. The Morgan fingerprint density at radius 1 is 1.41 bits per heavy atom. The van der Waals surface area contributed by atoms with Crippen LogP contribution < -0.4 is 16.4 Å². The molecule has 0 radical (unpaired) electrons. The summed E-state index contributed by atoms with van der Waals surface area (Å²) in [6.45, 7) is 3.44. The van der Waals surface area contributed by atoms with Crippen LogP contribution in [0.1, 0.15) is 42.1 Å². The Labute approximate surface area is 190 Å². The highest BCUT2D eigenvalue weighted by Crippen LogP contribution is 2.25. The van der Waals surface area contributed by atoms with Crippen LogP contribution in [0.15, 0.2) is 30.9 Å². The summed E-state index contributed by atoms with van der Waals surface area (Å²) in [4.78, 5) is 25.5. The van der Waals surface area contributed by atoms with E-state index in [-0.39, 0.29) is 18.2 Å². The third kappa shape index (κ3) is 5.90. The van der Waals surface area contributed by atoms with Crippen molar-refractivity contribution in [1.82, 2.24) is 20.3 Å². The van der Waals surface area contributed by atoms with Crippen LogP contribution in [0.25, 0.3) is 5.57 Å². The molecule has 1 amide bonds. The number of anilines is 1. The van der Waals surface area contributed by atoms with Gasteiger partial charge in [0.25, 0.3) is 5.91 Å². The molecule has 0 aliphatic carbocycles. The van der Waals surface area contributed by atoms with Gasteiger partial charge in [-0.2, -0.15) is 0 Å². The van der Waals surface area contributed by atoms with Gasteiger partial charge in [-0.05, 0) is 26.3 Å². The first-order valence-electron chi connectivity index (χ1n) is 10.1. The summed E-state index contributed by atoms with van der Waals surface area (Å²) < 4.78 is 19.5. The molecule has 2 unspecified atom stereocenters. The zero-order chi connectivity index (χ0) is 23.3. The fourth-order valence-corrected chi connectivity index (χ4v) is 3.12. The number of hydrogen-bond acceptors (Lipinski definition) is 8. The van der Waals surface area contributed by atoms with Crippen molar-refractivity contribution >= 4 is 28.8 Å². The van der Waals surface area contributed by atoms with Gasteiger partial charge in [0.1, 0.15) is 6.17 Å². The second-order valence-electron chi connectivity index (χ2n) is 7.96. The quantitative estimate of drug-likeness (QED) is 0.465. The molecule has 1 aliphatic heterocycles. The van der Waals surface area contributed by atoms with Crippen molar-refractivity contribution in [2.75, 3.05) is 25.1 Å². The number of carbonyl (C=O) groups is 1. The minimum Gasteiger partial charge on any atom is -0.404 e. The van der Waals surface area contributed by atoms with E-state index in [1.165, 1.54) is 38.6 Å². The molecule has 2 aromatic rings. The normalized spacial score (nSPS) is 17.8. The first kappa shape index (κ1) is 23.8. The van der Waals surface area contributed by atoms with E-state index < -0.39 is 17.7 Å². The van der Waals surface area contributed by atoms with Gasteiger partial charge in [0, 0.05) is 31.4 Å². The van der Waals surface area contributed by atoms with E-state index in [2.05, 4.69) is 25.6 Å². The number of alkyl halides is 1. The number of nitrogens with one attached hydrogen (secondary N) is 2. The van der Waals surface area contributed by atoms with Crippen molar-refractivity contribution in [2.24, 2.45) is 5.73 Å². The standard InChI is InChI=1S/C21H26ClFN6O3/c1-21(2,31)18(23)10-28-20(30)15-9-25-16(5-17(15)29-13-3-4-32-11-13)14(6-24)19-26-7-12(22)8-27-19/h5-9,13,18,31H,3-4,10-11,24H2,1-2H3,(H,25,29)(H,28,30). The molecule has 3 rings (SSSR count). The zero-order valence-electron chi connectivity index (χ0n) is 17.8. The Hall–Kier alpha value is -2.82. The van der Waals surface area contributed by atoms with E-state index in [9.17, 15) is 14.3 Å². The molecule has 11 heteroatoms. The zero-order valence-corrected chi connectivity index (χ0v) is 18.6. The van der Waals surface area contributed by atoms with Crippen molar-refractivity contribution in [3.63, 3.8) is 0 Å². The highest BCUT2D eigenvalue weighted by atomic mass is 35.5. The molecule has 172 valence electrons. The lowest BCUT2D eigenvalue weighted by Gasteiger charge is -2.23. The summed E-state index contributed by atoms with van der Waals surface area (Å²) in [6, 6.07) is 1.66. The summed E-state index contributed by atoms with van der Waals surface area (Å²) in [6.07, 6.45) is 4.72. The fourth-order valence-electron chi connectivity index (χ4n) is 3.02. The number of nitrogens with two attached hydrogens (primary N) is 1. The Balaban J connectivity index is 1.89. The molecule has 0 saturated carbocycles. The highest BCUT2D eigenvalue weighted by molar-refractivity contribution is 6.30. The van der Waals surface area contributed by atoms with Crippen LogP contribution in [0.5, 0.6) is 0 Å². The first-order valence-corrected chi connectivity index (χ1v) is 10.5.